The van der Waals surface area contributed by atoms with Gasteiger partial charge >= 0.3 is 5.97 Å². The molecule has 1 amide bonds. The first-order valence-electron chi connectivity index (χ1n) is 10.9. The van der Waals surface area contributed by atoms with Gasteiger partial charge in [-0.05, 0) is 30.0 Å². The van der Waals surface area contributed by atoms with Gasteiger partial charge in [0.05, 0.1) is 5.69 Å². The number of nitrogens with zero attached hydrogens (tertiary/aromatic N) is 4. The van der Waals surface area contributed by atoms with Crippen molar-refractivity contribution in [2.75, 3.05) is 6.54 Å². The first-order chi connectivity index (χ1) is 16.9. The molecule has 4 aromatic rings. The second-order valence-corrected chi connectivity index (χ2v) is 7.95. The fraction of sp³-hybridized carbons (Fsp3) is 0.154. The van der Waals surface area contributed by atoms with Crippen LogP contribution in [0.2, 0.25) is 0 Å². The highest BCUT2D eigenvalue weighted by Gasteiger charge is 2.18. The van der Waals surface area contributed by atoms with Crippen molar-refractivity contribution < 1.29 is 19.8 Å². The largest absolute Gasteiger partial charge is 0.504 e. The monoisotopic (exact) mass is 469 g/mol. The second-order valence-electron chi connectivity index (χ2n) is 7.95. The number of hydrogen-bond acceptors (Lipinski definition) is 7. The van der Waals surface area contributed by atoms with E-state index in [9.17, 15) is 14.7 Å². The maximum Gasteiger partial charge on any atom is 0.322 e. The van der Waals surface area contributed by atoms with Crippen molar-refractivity contribution in [3.05, 3.63) is 101 Å². The molecule has 2 aromatic heterocycles. The number of aromatic nitrogens is 4. The molecule has 2 heterocycles. The molecule has 0 aliphatic carbocycles. The molecule has 0 atom stereocenters. The van der Waals surface area contributed by atoms with Crippen molar-refractivity contribution in [1.82, 2.24) is 25.3 Å². The lowest BCUT2D eigenvalue weighted by Gasteiger charge is -2.09. The van der Waals surface area contributed by atoms with Gasteiger partial charge < -0.3 is 15.5 Å². The minimum atomic E-state index is -1.20. The zero-order valence-electron chi connectivity index (χ0n) is 19.0. The van der Waals surface area contributed by atoms with Gasteiger partial charge in [0, 0.05) is 24.4 Å². The summed E-state index contributed by atoms with van der Waals surface area (Å²) in [6, 6.07) is 18.3. The van der Waals surface area contributed by atoms with E-state index in [-0.39, 0.29) is 29.4 Å². The number of nitrogens with one attached hydrogen (secondary N) is 1. The average Bonchev–Trinajstić information content (AvgIpc) is 2.86. The average molecular weight is 470 g/mol. The van der Waals surface area contributed by atoms with E-state index in [4.69, 9.17) is 5.11 Å². The van der Waals surface area contributed by atoms with Crippen LogP contribution in [0.15, 0.2) is 67.0 Å². The van der Waals surface area contributed by atoms with Crippen molar-refractivity contribution in [2.24, 2.45) is 0 Å². The van der Waals surface area contributed by atoms with Crippen molar-refractivity contribution >= 4 is 11.9 Å². The molecule has 0 aliphatic rings. The summed E-state index contributed by atoms with van der Waals surface area (Å²) in [6.07, 6.45) is 4.41. The first kappa shape index (κ1) is 23.5. The molecule has 35 heavy (non-hydrogen) atoms. The van der Waals surface area contributed by atoms with Gasteiger partial charge in [-0.1, -0.05) is 54.6 Å². The Labute approximate surface area is 201 Å². The molecule has 0 saturated heterocycles. The molecule has 2 aromatic carbocycles. The molecular weight excluding hydrogens is 446 g/mol. The summed E-state index contributed by atoms with van der Waals surface area (Å²) >= 11 is 0. The molecule has 176 valence electrons. The third kappa shape index (κ3) is 6.02. The molecule has 3 N–H and O–H groups in total. The minimum Gasteiger partial charge on any atom is -0.504 e. The predicted molar refractivity (Wildman–Crippen MR) is 128 cm³/mol. The molecule has 0 fully saturated rings. The molecule has 0 spiro atoms. The van der Waals surface area contributed by atoms with Crippen LogP contribution in [0.3, 0.4) is 0 Å². The molecule has 0 unspecified atom stereocenters. The van der Waals surface area contributed by atoms with Gasteiger partial charge in [0.15, 0.2) is 17.3 Å². The van der Waals surface area contributed by atoms with Crippen LogP contribution >= 0.6 is 0 Å². The van der Waals surface area contributed by atoms with E-state index in [1.165, 1.54) is 18.1 Å². The fourth-order valence-corrected chi connectivity index (χ4v) is 3.48. The summed E-state index contributed by atoms with van der Waals surface area (Å²) in [5, 5.41) is 21.1. The molecule has 0 aliphatic heterocycles. The maximum absolute atomic E-state index is 12.2. The van der Waals surface area contributed by atoms with Crippen LogP contribution in [0.1, 0.15) is 38.7 Å². The smallest absolute Gasteiger partial charge is 0.322 e. The number of carbonyl (C=O) groups excluding carboxylic acids is 1. The summed E-state index contributed by atoms with van der Waals surface area (Å²) in [6.45, 7) is 0.953. The number of benzene rings is 2. The number of carboxylic acid groups (broad SMARTS) is 1. The summed E-state index contributed by atoms with van der Waals surface area (Å²) in [5.41, 5.74) is 3.99. The Morgan fingerprint density at radius 3 is 2.17 bits per heavy atom. The van der Waals surface area contributed by atoms with Crippen LogP contribution in [-0.2, 0) is 17.6 Å². The van der Waals surface area contributed by atoms with Gasteiger partial charge in [0.2, 0.25) is 0 Å². The van der Waals surface area contributed by atoms with E-state index in [1.807, 2.05) is 30.3 Å². The number of hydrogen-bond donors (Lipinski definition) is 3. The Bertz CT molecular complexity index is 1340. The summed E-state index contributed by atoms with van der Waals surface area (Å²) in [7, 11) is 0. The van der Waals surface area contributed by atoms with Crippen molar-refractivity contribution in [3.63, 3.8) is 0 Å². The van der Waals surface area contributed by atoms with Crippen LogP contribution in [0.5, 0.6) is 5.75 Å². The Balaban J connectivity index is 1.45. The quantitative estimate of drug-likeness (QED) is 0.358. The molecule has 4 rings (SSSR count). The summed E-state index contributed by atoms with van der Waals surface area (Å²) in [5.74, 6) is -1.52. The van der Waals surface area contributed by atoms with Crippen LogP contribution < -0.4 is 5.32 Å². The van der Waals surface area contributed by atoms with Gasteiger partial charge in [-0.2, -0.15) is 0 Å². The zero-order valence-corrected chi connectivity index (χ0v) is 19.0. The van der Waals surface area contributed by atoms with E-state index in [2.05, 4.69) is 49.5 Å². The predicted octanol–water partition coefficient (Wildman–Crippen LogP) is 2.94. The van der Waals surface area contributed by atoms with Gasteiger partial charge in [-0.3, -0.25) is 9.59 Å². The Morgan fingerprint density at radius 1 is 0.857 bits per heavy atom. The van der Waals surface area contributed by atoms with E-state index < -0.39 is 18.4 Å². The van der Waals surface area contributed by atoms with E-state index in [0.29, 0.717) is 5.82 Å². The van der Waals surface area contributed by atoms with Crippen LogP contribution in [0.4, 0.5) is 0 Å². The second kappa shape index (κ2) is 10.5. The Hall–Kier alpha value is -4.66. The van der Waals surface area contributed by atoms with E-state index in [0.717, 1.165) is 17.5 Å². The number of amides is 1. The molecule has 0 saturated carbocycles. The molecule has 0 bridgehead atoms. The van der Waals surface area contributed by atoms with Crippen LogP contribution in [0, 0.1) is 6.92 Å². The van der Waals surface area contributed by atoms with Gasteiger partial charge in [0.1, 0.15) is 12.4 Å². The van der Waals surface area contributed by atoms with Crippen LogP contribution in [-0.4, -0.2) is 48.6 Å². The number of aromatic hydroxyl groups is 1. The summed E-state index contributed by atoms with van der Waals surface area (Å²) < 4.78 is 0. The molecular formula is C26H23N5O4. The van der Waals surface area contributed by atoms with E-state index in [1.54, 1.807) is 12.4 Å². The maximum atomic E-state index is 12.2. The first-order valence-corrected chi connectivity index (χ1v) is 10.9. The zero-order chi connectivity index (χ0) is 24.8. The lowest BCUT2D eigenvalue weighted by Crippen LogP contribution is -2.30. The molecule has 0 radical (unpaired) electrons. The number of aliphatic carboxylic acids is 1. The number of rotatable bonds is 8. The number of carboxylic acids is 1. The number of aryl methyl sites for hydroxylation is 1. The van der Waals surface area contributed by atoms with E-state index >= 15 is 0 Å². The Morgan fingerprint density at radius 2 is 1.51 bits per heavy atom. The number of carbonyl (C=O) groups is 2. The topological polar surface area (TPSA) is 138 Å². The SMILES string of the molecule is Cc1nc(Cc2cnc(-c3ccc(Cc4ccccc4)cc3)nc2)nc(C(=O)NCC(=O)O)c1O. The van der Waals surface area contributed by atoms with Crippen molar-refractivity contribution in [1.29, 1.82) is 0 Å². The highest BCUT2D eigenvalue weighted by molar-refractivity contribution is 5.96. The standard InChI is InChI=1S/C26H23N5O4/c1-16-24(34)23(26(35)29-15-22(32)33)31-21(30-16)12-19-13-27-25(28-14-19)20-9-7-18(8-10-20)11-17-5-3-2-4-6-17/h2-10,13-14,34H,11-12,15H2,1H3,(H,29,35)(H,32,33). The highest BCUT2D eigenvalue weighted by atomic mass is 16.4. The van der Waals surface area contributed by atoms with Gasteiger partial charge in [-0.25, -0.2) is 19.9 Å². The molecule has 9 nitrogen and oxygen atoms in total. The third-order valence-electron chi connectivity index (χ3n) is 5.25. The van der Waals surface area contributed by atoms with Crippen molar-refractivity contribution in [2.45, 2.75) is 19.8 Å². The third-order valence-corrected chi connectivity index (χ3v) is 5.25. The lowest BCUT2D eigenvalue weighted by atomic mass is 10.0. The normalized spacial score (nSPS) is 10.7. The lowest BCUT2D eigenvalue weighted by molar-refractivity contribution is -0.135. The minimum absolute atomic E-state index is 0.212. The van der Waals surface area contributed by atoms with Crippen molar-refractivity contribution in [3.8, 4) is 17.1 Å². The Kier molecular flexibility index (Phi) is 7.06. The molecule has 9 heteroatoms. The fourth-order valence-electron chi connectivity index (χ4n) is 3.48. The van der Waals surface area contributed by atoms with Crippen LogP contribution in [0.25, 0.3) is 11.4 Å². The summed E-state index contributed by atoms with van der Waals surface area (Å²) in [4.78, 5) is 40.1. The highest BCUT2D eigenvalue weighted by Crippen LogP contribution is 2.21. The van der Waals surface area contributed by atoms with Gasteiger partial charge in [-0.15, -0.1) is 0 Å². The van der Waals surface area contributed by atoms with Gasteiger partial charge in [0.25, 0.3) is 5.91 Å².